The molecule has 2 rings (SSSR count). The summed E-state index contributed by atoms with van der Waals surface area (Å²) in [6.07, 6.45) is 1.37. The SMILES string of the molecule is CC1(C)OC[C@H](CONC(=O)c2ccccn2)O1. The van der Waals surface area contributed by atoms with Gasteiger partial charge in [-0.25, -0.2) is 5.48 Å². The van der Waals surface area contributed by atoms with Crippen molar-refractivity contribution >= 4 is 5.91 Å². The molecule has 1 amide bonds. The number of hydroxylamine groups is 1. The smallest absolute Gasteiger partial charge is 0.293 e. The van der Waals surface area contributed by atoms with E-state index in [0.29, 0.717) is 12.3 Å². The van der Waals surface area contributed by atoms with Crippen LogP contribution < -0.4 is 5.48 Å². The van der Waals surface area contributed by atoms with Crippen molar-refractivity contribution < 1.29 is 19.1 Å². The molecule has 6 heteroatoms. The fourth-order valence-electron chi connectivity index (χ4n) is 1.59. The second kappa shape index (κ2) is 5.43. The minimum absolute atomic E-state index is 0.177. The molecule has 1 aliphatic heterocycles. The highest BCUT2D eigenvalue weighted by Gasteiger charge is 2.32. The van der Waals surface area contributed by atoms with E-state index in [1.807, 2.05) is 13.8 Å². The number of hydrogen-bond donors (Lipinski definition) is 1. The lowest BCUT2D eigenvalue weighted by atomic mass is 10.3. The molecule has 1 atom stereocenters. The number of aromatic nitrogens is 1. The van der Waals surface area contributed by atoms with Crippen LogP contribution in [0.3, 0.4) is 0 Å². The van der Waals surface area contributed by atoms with E-state index in [0.717, 1.165) is 0 Å². The van der Waals surface area contributed by atoms with Crippen LogP contribution in [0.25, 0.3) is 0 Å². The van der Waals surface area contributed by atoms with Gasteiger partial charge >= 0.3 is 0 Å². The first-order valence-corrected chi connectivity index (χ1v) is 5.72. The summed E-state index contributed by atoms with van der Waals surface area (Å²) in [5, 5.41) is 0. The number of ether oxygens (including phenoxy) is 2. The number of nitrogens with zero attached hydrogens (tertiary/aromatic N) is 1. The Bertz CT molecular complexity index is 408. The first-order chi connectivity index (χ1) is 8.57. The Morgan fingerprint density at radius 1 is 1.61 bits per heavy atom. The molecule has 0 spiro atoms. The zero-order valence-corrected chi connectivity index (χ0v) is 10.4. The molecule has 0 bridgehead atoms. The predicted molar refractivity (Wildman–Crippen MR) is 62.6 cm³/mol. The van der Waals surface area contributed by atoms with Crippen molar-refractivity contribution in [1.29, 1.82) is 0 Å². The van der Waals surface area contributed by atoms with Crippen LogP contribution in [0.1, 0.15) is 24.3 Å². The van der Waals surface area contributed by atoms with Gasteiger partial charge in [-0.2, -0.15) is 0 Å². The van der Waals surface area contributed by atoms with Crippen molar-refractivity contribution in [3.63, 3.8) is 0 Å². The minimum atomic E-state index is -0.584. The first-order valence-electron chi connectivity index (χ1n) is 5.72. The Morgan fingerprint density at radius 2 is 2.44 bits per heavy atom. The molecule has 18 heavy (non-hydrogen) atoms. The van der Waals surface area contributed by atoms with Gasteiger partial charge in [-0.15, -0.1) is 0 Å². The summed E-state index contributed by atoms with van der Waals surface area (Å²) in [6.45, 7) is 4.35. The van der Waals surface area contributed by atoms with E-state index in [4.69, 9.17) is 14.3 Å². The maximum absolute atomic E-state index is 11.6. The third-order valence-corrected chi connectivity index (χ3v) is 2.40. The van der Waals surface area contributed by atoms with E-state index < -0.39 is 5.79 Å². The Kier molecular flexibility index (Phi) is 3.90. The highest BCUT2D eigenvalue weighted by atomic mass is 16.8. The topological polar surface area (TPSA) is 69.7 Å². The molecule has 1 saturated heterocycles. The average Bonchev–Trinajstić information content (AvgIpc) is 2.70. The van der Waals surface area contributed by atoms with E-state index >= 15 is 0 Å². The Labute approximate surface area is 105 Å². The standard InChI is InChI=1S/C12H16N2O4/c1-12(2)16-7-9(18-12)8-17-14-11(15)10-5-3-4-6-13-10/h3-6,9H,7-8H2,1-2H3,(H,14,15)/t9-/m1/s1. The van der Waals surface area contributed by atoms with Crippen molar-refractivity contribution in [3.8, 4) is 0 Å². The Balaban J connectivity index is 1.72. The molecule has 1 N–H and O–H groups in total. The average molecular weight is 252 g/mol. The molecule has 1 fully saturated rings. The molecule has 0 aromatic carbocycles. The third kappa shape index (κ3) is 3.49. The summed E-state index contributed by atoms with van der Waals surface area (Å²) in [6, 6.07) is 5.08. The number of carbonyl (C=O) groups is 1. The molecule has 0 aliphatic carbocycles. The van der Waals surface area contributed by atoms with Crippen LogP contribution in [0.2, 0.25) is 0 Å². The molecule has 98 valence electrons. The molecular weight excluding hydrogens is 236 g/mol. The molecule has 2 heterocycles. The number of hydrogen-bond acceptors (Lipinski definition) is 5. The number of carbonyl (C=O) groups excluding carboxylic acids is 1. The summed E-state index contributed by atoms with van der Waals surface area (Å²) in [5.41, 5.74) is 2.62. The van der Waals surface area contributed by atoms with Gasteiger partial charge in [0.05, 0.1) is 6.61 Å². The van der Waals surface area contributed by atoms with Crippen LogP contribution in [-0.2, 0) is 14.3 Å². The minimum Gasteiger partial charge on any atom is -0.348 e. The van der Waals surface area contributed by atoms with Crippen molar-refractivity contribution in [2.24, 2.45) is 0 Å². The van der Waals surface area contributed by atoms with Crippen LogP contribution in [0.5, 0.6) is 0 Å². The van der Waals surface area contributed by atoms with Gasteiger partial charge in [0.1, 0.15) is 18.4 Å². The van der Waals surface area contributed by atoms with Crippen LogP contribution in [0, 0.1) is 0 Å². The van der Waals surface area contributed by atoms with Crippen LogP contribution in [0.15, 0.2) is 24.4 Å². The normalized spacial score (nSPS) is 21.8. The van der Waals surface area contributed by atoms with E-state index in [2.05, 4.69) is 10.5 Å². The quantitative estimate of drug-likeness (QED) is 0.806. The molecule has 0 radical (unpaired) electrons. The third-order valence-electron chi connectivity index (χ3n) is 2.40. The van der Waals surface area contributed by atoms with Gasteiger partial charge in [0.25, 0.3) is 5.91 Å². The van der Waals surface area contributed by atoms with Gasteiger partial charge in [0.15, 0.2) is 5.79 Å². The molecule has 1 aliphatic rings. The summed E-state index contributed by atoms with van der Waals surface area (Å²) < 4.78 is 10.9. The fraction of sp³-hybridized carbons (Fsp3) is 0.500. The molecule has 6 nitrogen and oxygen atoms in total. The molecule has 0 saturated carbocycles. The van der Waals surface area contributed by atoms with Gasteiger partial charge in [-0.05, 0) is 26.0 Å². The van der Waals surface area contributed by atoms with Crippen molar-refractivity contribution in [1.82, 2.24) is 10.5 Å². The monoisotopic (exact) mass is 252 g/mol. The zero-order valence-electron chi connectivity index (χ0n) is 10.4. The highest BCUT2D eigenvalue weighted by Crippen LogP contribution is 2.21. The number of rotatable bonds is 4. The van der Waals surface area contributed by atoms with Gasteiger partial charge in [0, 0.05) is 6.20 Å². The predicted octanol–water partition coefficient (Wildman–Crippen LogP) is 0.894. The lowest BCUT2D eigenvalue weighted by molar-refractivity contribution is -0.147. The van der Waals surface area contributed by atoms with Crippen LogP contribution in [0.4, 0.5) is 0 Å². The highest BCUT2D eigenvalue weighted by molar-refractivity contribution is 5.91. The summed E-state index contributed by atoms with van der Waals surface area (Å²) in [7, 11) is 0. The van der Waals surface area contributed by atoms with Crippen LogP contribution in [-0.4, -0.2) is 36.0 Å². The van der Waals surface area contributed by atoms with Crippen LogP contribution >= 0.6 is 0 Å². The van der Waals surface area contributed by atoms with E-state index in [9.17, 15) is 4.79 Å². The molecule has 0 unspecified atom stereocenters. The van der Waals surface area contributed by atoms with Gasteiger partial charge < -0.3 is 9.47 Å². The second-order valence-corrected chi connectivity index (χ2v) is 4.41. The number of nitrogens with one attached hydrogen (secondary N) is 1. The van der Waals surface area contributed by atoms with Gasteiger partial charge in [0.2, 0.25) is 0 Å². The van der Waals surface area contributed by atoms with Crippen molar-refractivity contribution in [2.45, 2.75) is 25.7 Å². The zero-order chi connectivity index (χ0) is 13.0. The van der Waals surface area contributed by atoms with Crippen molar-refractivity contribution in [2.75, 3.05) is 13.2 Å². The number of amides is 1. The molecule has 1 aromatic heterocycles. The van der Waals surface area contributed by atoms with Crippen molar-refractivity contribution in [3.05, 3.63) is 30.1 Å². The Hall–Kier alpha value is -1.50. The van der Waals surface area contributed by atoms with E-state index in [1.54, 1.807) is 24.4 Å². The van der Waals surface area contributed by atoms with E-state index in [1.165, 1.54) is 0 Å². The maximum atomic E-state index is 11.6. The lowest BCUT2D eigenvalue weighted by Gasteiger charge is -2.16. The summed E-state index contributed by atoms with van der Waals surface area (Å²) >= 11 is 0. The molecule has 1 aromatic rings. The maximum Gasteiger partial charge on any atom is 0.293 e. The summed E-state index contributed by atoms with van der Waals surface area (Å²) in [4.78, 5) is 20.6. The fourth-order valence-corrected chi connectivity index (χ4v) is 1.59. The Morgan fingerprint density at radius 3 is 3.06 bits per heavy atom. The second-order valence-electron chi connectivity index (χ2n) is 4.41. The molecular formula is C12H16N2O4. The van der Waals surface area contributed by atoms with Gasteiger partial charge in [-0.1, -0.05) is 6.07 Å². The van der Waals surface area contributed by atoms with Gasteiger partial charge in [-0.3, -0.25) is 14.6 Å². The largest absolute Gasteiger partial charge is 0.348 e. The first kappa shape index (κ1) is 12.9. The lowest BCUT2D eigenvalue weighted by Crippen LogP contribution is -2.30. The number of pyridine rings is 1. The van der Waals surface area contributed by atoms with E-state index in [-0.39, 0.29) is 18.6 Å². The summed E-state index contributed by atoms with van der Waals surface area (Å²) in [5.74, 6) is -0.965.